The molecule has 26 heavy (non-hydrogen) atoms. The average molecular weight is 358 g/mol. The minimum absolute atomic E-state index is 0.114. The number of anilines is 1. The Labute approximate surface area is 151 Å². The fourth-order valence-corrected chi connectivity index (χ4v) is 3.26. The van der Waals surface area contributed by atoms with Gasteiger partial charge in [0.15, 0.2) is 17.3 Å². The molecule has 2 heterocycles. The predicted molar refractivity (Wildman–Crippen MR) is 96.0 cm³/mol. The van der Waals surface area contributed by atoms with Crippen LogP contribution in [0.1, 0.15) is 48.6 Å². The van der Waals surface area contributed by atoms with E-state index in [0.717, 1.165) is 45.2 Å². The second-order valence-corrected chi connectivity index (χ2v) is 6.95. The highest BCUT2D eigenvalue weighted by molar-refractivity contribution is 6.02. The molecule has 2 N–H and O–H groups in total. The Kier molecular flexibility index (Phi) is 4.88. The minimum Gasteiger partial charge on any atom is -0.487 e. The molecule has 2 aliphatic rings. The molecular weight excluding hydrogens is 335 g/mol. The molecule has 0 bridgehead atoms. The van der Waals surface area contributed by atoms with Crippen molar-refractivity contribution in [1.29, 1.82) is 0 Å². The monoisotopic (exact) mass is 358 g/mol. The normalized spacial score (nSPS) is 20.4. The van der Waals surface area contributed by atoms with Crippen molar-refractivity contribution in [3.05, 3.63) is 42.0 Å². The lowest BCUT2D eigenvalue weighted by molar-refractivity contribution is 0.102. The van der Waals surface area contributed by atoms with Gasteiger partial charge in [-0.2, -0.15) is 5.10 Å². The van der Waals surface area contributed by atoms with Crippen LogP contribution >= 0.6 is 0 Å². The van der Waals surface area contributed by atoms with Crippen molar-refractivity contribution in [2.24, 2.45) is 0 Å². The van der Waals surface area contributed by atoms with Crippen molar-refractivity contribution in [1.82, 2.24) is 15.1 Å². The molecule has 1 saturated carbocycles. The molecule has 0 radical (unpaired) electrons. The van der Waals surface area contributed by atoms with Crippen LogP contribution in [0.5, 0.6) is 5.75 Å². The fourth-order valence-electron chi connectivity index (χ4n) is 3.26. The quantitative estimate of drug-likeness (QED) is 0.862. The molecule has 1 aromatic heterocycles. The van der Waals surface area contributed by atoms with Crippen LogP contribution in [-0.2, 0) is 0 Å². The number of benzene rings is 1. The number of rotatable bonds is 5. The number of carbonyl (C=O) groups excluding carboxylic acids is 1. The van der Waals surface area contributed by atoms with E-state index in [9.17, 15) is 9.18 Å². The van der Waals surface area contributed by atoms with Crippen LogP contribution in [0.2, 0.25) is 0 Å². The van der Waals surface area contributed by atoms with Gasteiger partial charge < -0.3 is 15.4 Å². The first-order chi connectivity index (χ1) is 12.7. The number of carbonyl (C=O) groups is 1. The molecule has 1 unspecified atom stereocenters. The number of nitrogens with one attached hydrogen (secondary N) is 2. The van der Waals surface area contributed by atoms with Gasteiger partial charge in [-0.25, -0.2) is 4.39 Å². The van der Waals surface area contributed by atoms with E-state index >= 15 is 0 Å². The highest BCUT2D eigenvalue weighted by Crippen LogP contribution is 2.28. The number of nitrogens with zero attached hydrogens (tertiary/aromatic N) is 2. The molecule has 1 aliphatic heterocycles. The van der Waals surface area contributed by atoms with Crippen molar-refractivity contribution < 1.29 is 13.9 Å². The lowest BCUT2D eigenvalue weighted by Gasteiger charge is -2.26. The predicted octanol–water partition coefficient (Wildman–Crippen LogP) is 3.13. The number of hydrogen-bond donors (Lipinski definition) is 2. The van der Waals surface area contributed by atoms with Gasteiger partial charge in [0.05, 0.1) is 12.1 Å². The van der Waals surface area contributed by atoms with E-state index in [2.05, 4.69) is 15.7 Å². The second-order valence-electron chi connectivity index (χ2n) is 6.95. The number of ether oxygens (including phenoxy) is 1. The van der Waals surface area contributed by atoms with Crippen molar-refractivity contribution in [3.63, 3.8) is 0 Å². The lowest BCUT2D eigenvalue weighted by Crippen LogP contribution is -2.32. The summed E-state index contributed by atoms with van der Waals surface area (Å²) in [5, 5.41) is 10.4. The molecule has 6 nitrogen and oxygen atoms in total. The molecule has 1 aromatic carbocycles. The van der Waals surface area contributed by atoms with Crippen LogP contribution in [0, 0.1) is 5.82 Å². The fraction of sp³-hybridized carbons (Fsp3) is 0.474. The van der Waals surface area contributed by atoms with E-state index in [4.69, 9.17) is 4.74 Å². The zero-order chi connectivity index (χ0) is 17.9. The molecule has 1 aliphatic carbocycles. The summed E-state index contributed by atoms with van der Waals surface area (Å²) in [5.74, 6) is -0.574. The van der Waals surface area contributed by atoms with E-state index in [-0.39, 0.29) is 23.8 Å². The van der Waals surface area contributed by atoms with Crippen molar-refractivity contribution in [2.45, 2.75) is 44.2 Å². The van der Waals surface area contributed by atoms with Crippen LogP contribution in [0.4, 0.5) is 10.1 Å². The first-order valence-corrected chi connectivity index (χ1v) is 9.22. The maximum absolute atomic E-state index is 14.2. The number of piperidine rings is 1. The molecule has 4 rings (SSSR count). The van der Waals surface area contributed by atoms with E-state index in [0.29, 0.717) is 11.4 Å². The summed E-state index contributed by atoms with van der Waals surface area (Å²) in [5.41, 5.74) is 0.716. The Morgan fingerprint density at radius 3 is 2.85 bits per heavy atom. The first-order valence-electron chi connectivity index (χ1n) is 9.22. The lowest BCUT2D eigenvalue weighted by atomic mass is 9.96. The van der Waals surface area contributed by atoms with E-state index < -0.39 is 5.82 Å². The Hall–Kier alpha value is -2.41. The van der Waals surface area contributed by atoms with Gasteiger partial charge in [-0.1, -0.05) is 0 Å². The Morgan fingerprint density at radius 1 is 1.27 bits per heavy atom. The number of hydrogen-bond acceptors (Lipinski definition) is 4. The number of amides is 1. The van der Waals surface area contributed by atoms with Gasteiger partial charge in [0.1, 0.15) is 0 Å². The van der Waals surface area contributed by atoms with Gasteiger partial charge in [0, 0.05) is 24.5 Å². The van der Waals surface area contributed by atoms with E-state index in [1.807, 2.05) is 10.9 Å². The zero-order valence-corrected chi connectivity index (χ0v) is 14.6. The van der Waals surface area contributed by atoms with E-state index in [1.54, 1.807) is 18.2 Å². The Balaban J connectivity index is 1.39. The van der Waals surface area contributed by atoms with Crippen LogP contribution in [0.15, 0.2) is 30.5 Å². The Morgan fingerprint density at radius 2 is 2.15 bits per heavy atom. The average Bonchev–Trinajstić information content (AvgIpc) is 3.10. The summed E-state index contributed by atoms with van der Waals surface area (Å²) in [4.78, 5) is 12.4. The minimum atomic E-state index is -0.464. The summed E-state index contributed by atoms with van der Waals surface area (Å²) in [6, 6.07) is 6.46. The van der Waals surface area contributed by atoms with Crippen LogP contribution in [0.3, 0.4) is 0 Å². The topological polar surface area (TPSA) is 68.2 Å². The standard InChI is InChI=1S/C19H23FN4O2/c20-16-11-13(6-7-18(16)26-15-4-1-5-15)22-19(25)17-8-10-24(23-17)14-3-2-9-21-12-14/h6-8,10-11,14-15,21H,1-5,9,12H2,(H,22,25). The number of halogens is 1. The van der Waals surface area contributed by atoms with Gasteiger partial charge >= 0.3 is 0 Å². The molecule has 1 atom stereocenters. The van der Waals surface area contributed by atoms with Gasteiger partial charge in [0.25, 0.3) is 5.91 Å². The Bertz CT molecular complexity index is 782. The van der Waals surface area contributed by atoms with Crippen molar-refractivity contribution in [2.75, 3.05) is 18.4 Å². The second kappa shape index (κ2) is 7.45. The van der Waals surface area contributed by atoms with Crippen molar-refractivity contribution >= 4 is 11.6 Å². The maximum atomic E-state index is 14.2. The van der Waals surface area contributed by atoms with Crippen molar-refractivity contribution in [3.8, 4) is 5.75 Å². The zero-order valence-electron chi connectivity index (χ0n) is 14.6. The third-order valence-corrected chi connectivity index (χ3v) is 5.02. The highest BCUT2D eigenvalue weighted by Gasteiger charge is 2.21. The first kappa shape index (κ1) is 17.0. The van der Waals surface area contributed by atoms with Gasteiger partial charge in [-0.15, -0.1) is 0 Å². The van der Waals surface area contributed by atoms with Gasteiger partial charge in [-0.3, -0.25) is 9.48 Å². The van der Waals surface area contributed by atoms with Gasteiger partial charge in [-0.05, 0) is 56.8 Å². The molecule has 138 valence electrons. The molecule has 7 heteroatoms. The smallest absolute Gasteiger partial charge is 0.276 e. The summed E-state index contributed by atoms with van der Waals surface area (Å²) < 4.78 is 21.6. The van der Waals surface area contributed by atoms with Gasteiger partial charge in [0.2, 0.25) is 0 Å². The summed E-state index contributed by atoms with van der Waals surface area (Å²) in [6.07, 6.45) is 7.15. The molecule has 1 saturated heterocycles. The van der Waals surface area contributed by atoms with Crippen LogP contribution < -0.4 is 15.4 Å². The summed E-state index contributed by atoms with van der Waals surface area (Å²) in [6.45, 7) is 1.88. The summed E-state index contributed by atoms with van der Waals surface area (Å²) in [7, 11) is 0. The molecular formula is C19H23FN4O2. The molecule has 2 aromatic rings. The largest absolute Gasteiger partial charge is 0.487 e. The molecule has 2 fully saturated rings. The highest BCUT2D eigenvalue weighted by atomic mass is 19.1. The van der Waals surface area contributed by atoms with Crippen LogP contribution in [0.25, 0.3) is 0 Å². The van der Waals surface area contributed by atoms with Crippen LogP contribution in [-0.4, -0.2) is 34.9 Å². The SMILES string of the molecule is O=C(Nc1ccc(OC2CCC2)c(F)c1)c1ccn(C2CCCNC2)n1. The summed E-state index contributed by atoms with van der Waals surface area (Å²) >= 11 is 0. The number of aromatic nitrogens is 2. The molecule has 0 spiro atoms. The van der Waals surface area contributed by atoms with E-state index in [1.165, 1.54) is 6.07 Å². The molecule has 1 amide bonds. The third-order valence-electron chi connectivity index (χ3n) is 5.02. The maximum Gasteiger partial charge on any atom is 0.276 e. The third kappa shape index (κ3) is 3.72.